The standard InChI is InChI=1S/C22H17Cl2F2N3O3/c1-27-18-5-12(9-28-20(18)22(31)32)10-29(11-13-3-2-4-17(23)19(13)24)21(30)14-6-15(25)8-16(26)7-14/h2-9,27H,10-11H2,1H3,(H,31,32). The molecule has 0 saturated heterocycles. The Hall–Kier alpha value is -3.23. The molecule has 1 aromatic heterocycles. The Kier molecular flexibility index (Phi) is 7.27. The van der Waals surface area contributed by atoms with Gasteiger partial charge in [0.05, 0.1) is 15.7 Å². The van der Waals surface area contributed by atoms with Crippen LogP contribution in [0, 0.1) is 11.6 Å². The van der Waals surface area contributed by atoms with Gasteiger partial charge in [0.2, 0.25) is 0 Å². The molecule has 0 atom stereocenters. The van der Waals surface area contributed by atoms with E-state index in [9.17, 15) is 23.5 Å². The van der Waals surface area contributed by atoms with Crippen molar-refractivity contribution in [3.05, 3.63) is 92.7 Å². The van der Waals surface area contributed by atoms with E-state index in [1.165, 1.54) is 24.2 Å². The van der Waals surface area contributed by atoms with Crippen molar-refractivity contribution in [1.82, 2.24) is 9.88 Å². The maximum Gasteiger partial charge on any atom is 0.356 e. The third kappa shape index (κ3) is 5.33. The predicted octanol–water partition coefficient (Wildman–Crippen LogP) is 5.25. The Morgan fingerprint density at radius 2 is 1.78 bits per heavy atom. The van der Waals surface area contributed by atoms with Crippen LogP contribution >= 0.6 is 23.2 Å². The van der Waals surface area contributed by atoms with Gasteiger partial charge >= 0.3 is 5.97 Å². The summed E-state index contributed by atoms with van der Waals surface area (Å²) in [6.45, 7) is -0.0622. The van der Waals surface area contributed by atoms with E-state index >= 15 is 0 Å². The van der Waals surface area contributed by atoms with Gasteiger partial charge in [0.15, 0.2) is 5.69 Å². The van der Waals surface area contributed by atoms with E-state index in [1.807, 2.05) is 0 Å². The number of anilines is 1. The summed E-state index contributed by atoms with van der Waals surface area (Å²) in [6.07, 6.45) is 1.32. The monoisotopic (exact) mass is 479 g/mol. The summed E-state index contributed by atoms with van der Waals surface area (Å²) in [7, 11) is 1.54. The van der Waals surface area contributed by atoms with Gasteiger partial charge in [-0.2, -0.15) is 0 Å². The normalized spacial score (nSPS) is 10.7. The average Bonchev–Trinajstić information content (AvgIpc) is 2.74. The lowest BCUT2D eigenvalue weighted by atomic mass is 10.1. The molecule has 32 heavy (non-hydrogen) atoms. The van der Waals surface area contributed by atoms with E-state index in [4.69, 9.17) is 23.2 Å². The molecule has 6 nitrogen and oxygen atoms in total. The van der Waals surface area contributed by atoms with Gasteiger partial charge in [-0.25, -0.2) is 18.6 Å². The molecule has 10 heteroatoms. The van der Waals surface area contributed by atoms with E-state index in [0.29, 0.717) is 22.2 Å². The smallest absolute Gasteiger partial charge is 0.356 e. The number of aromatic nitrogens is 1. The van der Waals surface area contributed by atoms with Crippen molar-refractivity contribution >= 4 is 40.8 Å². The number of nitrogens with one attached hydrogen (secondary N) is 1. The van der Waals surface area contributed by atoms with Crippen LogP contribution in [0.5, 0.6) is 0 Å². The lowest BCUT2D eigenvalue weighted by Gasteiger charge is -2.24. The predicted molar refractivity (Wildman–Crippen MR) is 117 cm³/mol. The lowest BCUT2D eigenvalue weighted by Crippen LogP contribution is -2.30. The molecule has 0 aliphatic carbocycles. The van der Waals surface area contributed by atoms with Gasteiger partial charge in [0, 0.05) is 38.0 Å². The number of hydrogen-bond donors (Lipinski definition) is 2. The highest BCUT2D eigenvalue weighted by molar-refractivity contribution is 6.42. The molecule has 3 rings (SSSR count). The van der Waals surface area contributed by atoms with Crippen LogP contribution in [0.2, 0.25) is 10.0 Å². The van der Waals surface area contributed by atoms with Crippen LogP contribution < -0.4 is 5.32 Å². The Balaban J connectivity index is 2.01. The topological polar surface area (TPSA) is 82.5 Å². The zero-order chi connectivity index (χ0) is 23.4. The molecule has 1 amide bonds. The van der Waals surface area contributed by atoms with Gasteiger partial charge in [0.1, 0.15) is 11.6 Å². The third-order valence-electron chi connectivity index (χ3n) is 4.58. The van der Waals surface area contributed by atoms with Gasteiger partial charge in [0.25, 0.3) is 5.91 Å². The number of rotatable bonds is 7. The number of halogens is 4. The number of aromatic carboxylic acids is 1. The minimum atomic E-state index is -1.21. The number of carbonyl (C=O) groups excluding carboxylic acids is 1. The summed E-state index contributed by atoms with van der Waals surface area (Å²) in [5.74, 6) is -3.65. The molecule has 0 fully saturated rings. The van der Waals surface area contributed by atoms with Crippen molar-refractivity contribution in [2.24, 2.45) is 0 Å². The second kappa shape index (κ2) is 9.93. The highest BCUT2D eigenvalue weighted by Crippen LogP contribution is 2.28. The Morgan fingerprint density at radius 1 is 1.09 bits per heavy atom. The van der Waals surface area contributed by atoms with Crippen LogP contribution in [-0.2, 0) is 13.1 Å². The molecular weight excluding hydrogens is 463 g/mol. The molecule has 166 valence electrons. The average molecular weight is 480 g/mol. The molecule has 0 aliphatic heterocycles. The van der Waals surface area contributed by atoms with Gasteiger partial charge in [-0.1, -0.05) is 35.3 Å². The molecule has 2 N–H and O–H groups in total. The van der Waals surface area contributed by atoms with E-state index in [0.717, 1.165) is 12.1 Å². The summed E-state index contributed by atoms with van der Waals surface area (Å²) in [6, 6.07) is 8.99. The molecule has 0 aliphatic rings. The van der Waals surface area contributed by atoms with Crippen molar-refractivity contribution in [3.8, 4) is 0 Å². The fourth-order valence-corrected chi connectivity index (χ4v) is 3.49. The number of hydrogen-bond acceptors (Lipinski definition) is 4. The van der Waals surface area contributed by atoms with E-state index < -0.39 is 23.5 Å². The zero-order valence-electron chi connectivity index (χ0n) is 16.7. The van der Waals surface area contributed by atoms with Crippen LogP contribution in [0.4, 0.5) is 14.5 Å². The molecule has 0 radical (unpaired) electrons. The molecule has 2 aromatic carbocycles. The minimum Gasteiger partial charge on any atom is -0.476 e. The van der Waals surface area contributed by atoms with Gasteiger partial charge in [-0.15, -0.1) is 0 Å². The number of pyridine rings is 1. The number of benzene rings is 2. The van der Waals surface area contributed by atoms with Crippen molar-refractivity contribution in [1.29, 1.82) is 0 Å². The fraction of sp³-hybridized carbons (Fsp3) is 0.136. The van der Waals surface area contributed by atoms with Crippen LogP contribution in [0.1, 0.15) is 32.0 Å². The summed E-state index contributed by atoms with van der Waals surface area (Å²) in [5.41, 5.74) is 0.889. The van der Waals surface area contributed by atoms with Crippen molar-refractivity contribution in [2.45, 2.75) is 13.1 Å². The van der Waals surface area contributed by atoms with Crippen molar-refractivity contribution in [2.75, 3.05) is 12.4 Å². The number of nitrogens with zero attached hydrogens (tertiary/aromatic N) is 2. The first-order valence-corrected chi connectivity index (χ1v) is 10.0. The molecular formula is C22H17Cl2F2N3O3. The van der Waals surface area contributed by atoms with Crippen LogP contribution in [0.25, 0.3) is 0 Å². The summed E-state index contributed by atoms with van der Waals surface area (Å²) in [5, 5.41) is 12.5. The van der Waals surface area contributed by atoms with Crippen molar-refractivity contribution in [3.63, 3.8) is 0 Å². The highest BCUT2D eigenvalue weighted by Gasteiger charge is 2.21. The van der Waals surface area contributed by atoms with Gasteiger partial charge in [-0.05, 0) is 35.4 Å². The third-order valence-corrected chi connectivity index (χ3v) is 5.44. The second-order valence-electron chi connectivity index (χ2n) is 6.83. The Labute approximate surface area is 192 Å². The van der Waals surface area contributed by atoms with Crippen LogP contribution in [-0.4, -0.2) is 33.9 Å². The molecule has 0 unspecified atom stereocenters. The number of carbonyl (C=O) groups is 2. The van der Waals surface area contributed by atoms with E-state index in [-0.39, 0.29) is 35.1 Å². The number of carboxylic acids is 1. The molecule has 1 heterocycles. The van der Waals surface area contributed by atoms with E-state index in [1.54, 1.807) is 18.2 Å². The second-order valence-corrected chi connectivity index (χ2v) is 7.61. The molecule has 0 spiro atoms. The molecule has 0 saturated carbocycles. The first kappa shape index (κ1) is 23.4. The minimum absolute atomic E-state index is 0.0219. The number of amides is 1. The Morgan fingerprint density at radius 3 is 2.41 bits per heavy atom. The largest absolute Gasteiger partial charge is 0.476 e. The molecule has 3 aromatic rings. The van der Waals surface area contributed by atoms with Crippen LogP contribution in [0.15, 0.2) is 48.7 Å². The first-order valence-electron chi connectivity index (χ1n) is 9.27. The fourth-order valence-electron chi connectivity index (χ4n) is 3.11. The van der Waals surface area contributed by atoms with E-state index in [2.05, 4.69) is 10.3 Å². The van der Waals surface area contributed by atoms with Crippen molar-refractivity contribution < 1.29 is 23.5 Å². The quantitative estimate of drug-likeness (QED) is 0.483. The van der Waals surface area contributed by atoms with Gasteiger partial charge in [-0.3, -0.25) is 4.79 Å². The zero-order valence-corrected chi connectivity index (χ0v) is 18.2. The summed E-state index contributed by atoms with van der Waals surface area (Å²) < 4.78 is 27.4. The Bertz CT molecular complexity index is 1170. The molecule has 0 bridgehead atoms. The summed E-state index contributed by atoms with van der Waals surface area (Å²) in [4.78, 5) is 29.7. The number of carboxylic acid groups (broad SMARTS) is 1. The lowest BCUT2D eigenvalue weighted by molar-refractivity contribution is 0.0688. The maximum absolute atomic E-state index is 13.7. The highest BCUT2D eigenvalue weighted by atomic mass is 35.5. The first-order chi connectivity index (χ1) is 15.2. The summed E-state index contributed by atoms with van der Waals surface area (Å²) >= 11 is 12.3. The maximum atomic E-state index is 13.7. The SMILES string of the molecule is CNc1cc(CN(Cc2cccc(Cl)c2Cl)C(=O)c2cc(F)cc(F)c2)cnc1C(=O)O. The van der Waals surface area contributed by atoms with Gasteiger partial charge < -0.3 is 15.3 Å². The van der Waals surface area contributed by atoms with Crippen LogP contribution in [0.3, 0.4) is 0 Å².